The fourth-order valence-electron chi connectivity index (χ4n) is 2.90. The van der Waals surface area contributed by atoms with Crippen LogP contribution in [0, 0.1) is 5.82 Å². The standard InChI is InChI=1S/C22H20Cl2FN5O2S/c1-3-10-30-20(13(2)26-21(32)17-9-4-14(23)11-18(17)24)28-29-22(30)33-12-19(31)27-16-7-5-15(25)6-8-16/h3-9,11,13H,1,10,12H2,2H3,(H,26,32)(H,27,31)/t13-/m0/s1. The molecule has 0 radical (unpaired) electrons. The lowest BCUT2D eigenvalue weighted by Gasteiger charge is -2.16. The smallest absolute Gasteiger partial charge is 0.253 e. The number of nitrogens with one attached hydrogen (secondary N) is 2. The number of benzene rings is 2. The largest absolute Gasteiger partial charge is 0.342 e. The second kappa shape index (κ2) is 11.3. The maximum atomic E-state index is 13.0. The molecule has 33 heavy (non-hydrogen) atoms. The number of hydrogen-bond donors (Lipinski definition) is 2. The van der Waals surface area contributed by atoms with E-state index in [0.29, 0.717) is 28.2 Å². The van der Waals surface area contributed by atoms with E-state index in [1.54, 1.807) is 29.7 Å². The second-order valence-electron chi connectivity index (χ2n) is 6.90. The number of allylic oxidation sites excluding steroid dienone is 1. The number of aromatic nitrogens is 3. The molecule has 0 unspecified atom stereocenters. The van der Waals surface area contributed by atoms with Gasteiger partial charge in [-0.05, 0) is 49.4 Å². The Morgan fingerprint density at radius 3 is 2.61 bits per heavy atom. The summed E-state index contributed by atoms with van der Waals surface area (Å²) in [5.74, 6) is -0.486. The van der Waals surface area contributed by atoms with Gasteiger partial charge in [-0.3, -0.25) is 9.59 Å². The van der Waals surface area contributed by atoms with Crippen molar-refractivity contribution in [2.24, 2.45) is 0 Å². The van der Waals surface area contributed by atoms with Crippen LogP contribution < -0.4 is 10.6 Å². The molecule has 0 spiro atoms. The minimum atomic E-state index is -0.501. The van der Waals surface area contributed by atoms with Crippen LogP contribution in [-0.2, 0) is 11.3 Å². The highest BCUT2D eigenvalue weighted by Crippen LogP contribution is 2.24. The quantitative estimate of drug-likeness (QED) is 0.309. The van der Waals surface area contributed by atoms with Gasteiger partial charge in [-0.1, -0.05) is 41.0 Å². The number of hydrogen-bond acceptors (Lipinski definition) is 5. The first-order valence-corrected chi connectivity index (χ1v) is 11.5. The van der Waals surface area contributed by atoms with E-state index in [2.05, 4.69) is 27.4 Å². The summed E-state index contributed by atoms with van der Waals surface area (Å²) in [5, 5.41) is 15.0. The van der Waals surface area contributed by atoms with E-state index < -0.39 is 6.04 Å². The molecule has 1 atom stereocenters. The molecular weight excluding hydrogens is 488 g/mol. The van der Waals surface area contributed by atoms with Crippen LogP contribution in [0.4, 0.5) is 10.1 Å². The molecule has 0 saturated heterocycles. The first kappa shape index (κ1) is 24.8. The van der Waals surface area contributed by atoms with Crippen LogP contribution in [0.1, 0.15) is 29.1 Å². The zero-order valence-electron chi connectivity index (χ0n) is 17.5. The Labute approximate surface area is 204 Å². The summed E-state index contributed by atoms with van der Waals surface area (Å²) in [4.78, 5) is 24.9. The van der Waals surface area contributed by atoms with E-state index >= 15 is 0 Å². The molecule has 0 fully saturated rings. The van der Waals surface area contributed by atoms with Gasteiger partial charge in [0, 0.05) is 17.3 Å². The first-order chi connectivity index (χ1) is 15.8. The molecule has 0 aliphatic rings. The molecule has 0 saturated carbocycles. The summed E-state index contributed by atoms with van der Waals surface area (Å²) in [7, 11) is 0. The van der Waals surface area contributed by atoms with Crippen LogP contribution in [0.2, 0.25) is 10.0 Å². The Morgan fingerprint density at radius 1 is 1.21 bits per heavy atom. The van der Waals surface area contributed by atoms with Crippen LogP contribution in [-0.4, -0.2) is 32.3 Å². The van der Waals surface area contributed by atoms with Crippen molar-refractivity contribution >= 4 is 52.5 Å². The maximum Gasteiger partial charge on any atom is 0.253 e. The highest BCUT2D eigenvalue weighted by molar-refractivity contribution is 7.99. The minimum Gasteiger partial charge on any atom is -0.342 e. The number of rotatable bonds is 9. The van der Waals surface area contributed by atoms with Crippen molar-refractivity contribution in [2.45, 2.75) is 24.7 Å². The molecule has 3 aromatic rings. The molecule has 7 nitrogen and oxygen atoms in total. The molecule has 172 valence electrons. The molecule has 2 amide bonds. The lowest BCUT2D eigenvalue weighted by molar-refractivity contribution is -0.113. The van der Waals surface area contributed by atoms with Crippen molar-refractivity contribution in [1.82, 2.24) is 20.1 Å². The molecule has 3 rings (SSSR count). The third-order valence-electron chi connectivity index (χ3n) is 4.43. The topological polar surface area (TPSA) is 88.9 Å². The number of carbonyl (C=O) groups is 2. The van der Waals surface area contributed by atoms with Crippen molar-refractivity contribution in [2.75, 3.05) is 11.1 Å². The molecule has 2 aromatic carbocycles. The normalized spacial score (nSPS) is 11.6. The van der Waals surface area contributed by atoms with Crippen molar-refractivity contribution < 1.29 is 14.0 Å². The molecule has 0 bridgehead atoms. The van der Waals surface area contributed by atoms with Crippen molar-refractivity contribution in [3.63, 3.8) is 0 Å². The highest BCUT2D eigenvalue weighted by atomic mass is 35.5. The van der Waals surface area contributed by atoms with Crippen LogP contribution in [0.15, 0.2) is 60.3 Å². The van der Waals surface area contributed by atoms with Crippen molar-refractivity contribution in [3.8, 4) is 0 Å². The summed E-state index contributed by atoms with van der Waals surface area (Å²) >= 11 is 13.2. The zero-order chi connectivity index (χ0) is 24.0. The average Bonchev–Trinajstić information content (AvgIpc) is 3.17. The summed E-state index contributed by atoms with van der Waals surface area (Å²) in [6, 6.07) is 9.61. The van der Waals surface area contributed by atoms with E-state index in [0.717, 1.165) is 0 Å². The number of thioether (sulfide) groups is 1. The fourth-order valence-corrected chi connectivity index (χ4v) is 4.15. The summed E-state index contributed by atoms with van der Waals surface area (Å²) in [5.41, 5.74) is 0.780. The Hall–Kier alpha value is -2.88. The zero-order valence-corrected chi connectivity index (χ0v) is 19.8. The molecule has 0 aliphatic heterocycles. The third kappa shape index (κ3) is 6.56. The number of nitrogens with zero attached hydrogens (tertiary/aromatic N) is 3. The van der Waals surface area contributed by atoms with Crippen LogP contribution in [0.5, 0.6) is 0 Å². The lowest BCUT2D eigenvalue weighted by Crippen LogP contribution is -2.29. The second-order valence-corrected chi connectivity index (χ2v) is 8.69. The molecule has 11 heteroatoms. The van der Waals surface area contributed by atoms with Gasteiger partial charge in [0.15, 0.2) is 11.0 Å². The molecule has 1 aromatic heterocycles. The monoisotopic (exact) mass is 507 g/mol. The first-order valence-electron chi connectivity index (χ1n) is 9.76. The van der Waals surface area contributed by atoms with Gasteiger partial charge in [-0.25, -0.2) is 4.39 Å². The SMILES string of the molecule is C=CCn1c(SCC(=O)Nc2ccc(F)cc2)nnc1[C@H](C)NC(=O)c1ccc(Cl)cc1Cl. The van der Waals surface area contributed by atoms with Gasteiger partial charge in [-0.2, -0.15) is 0 Å². The van der Waals surface area contributed by atoms with Gasteiger partial charge in [0.05, 0.1) is 22.4 Å². The summed E-state index contributed by atoms with van der Waals surface area (Å²) in [6.07, 6.45) is 1.67. The van der Waals surface area contributed by atoms with Crippen LogP contribution in [0.25, 0.3) is 0 Å². The Balaban J connectivity index is 1.67. The average molecular weight is 508 g/mol. The Kier molecular flexibility index (Phi) is 8.49. The van der Waals surface area contributed by atoms with E-state index in [-0.39, 0.29) is 34.0 Å². The fraction of sp³-hybridized carbons (Fsp3) is 0.182. The molecular formula is C22H20Cl2FN5O2S. The van der Waals surface area contributed by atoms with Crippen LogP contribution in [0.3, 0.4) is 0 Å². The molecule has 0 aliphatic carbocycles. The summed E-state index contributed by atoms with van der Waals surface area (Å²) in [6.45, 7) is 5.90. The van der Waals surface area contributed by atoms with E-state index in [1.807, 2.05) is 0 Å². The molecule has 1 heterocycles. The molecule has 2 N–H and O–H groups in total. The third-order valence-corrected chi connectivity index (χ3v) is 5.94. The van der Waals surface area contributed by atoms with E-state index in [9.17, 15) is 14.0 Å². The van der Waals surface area contributed by atoms with Gasteiger partial charge >= 0.3 is 0 Å². The van der Waals surface area contributed by atoms with Gasteiger partial charge in [0.2, 0.25) is 5.91 Å². The van der Waals surface area contributed by atoms with Crippen molar-refractivity contribution in [3.05, 3.63) is 82.4 Å². The van der Waals surface area contributed by atoms with E-state index in [1.165, 1.54) is 42.1 Å². The minimum absolute atomic E-state index is 0.0633. The van der Waals surface area contributed by atoms with Crippen molar-refractivity contribution in [1.29, 1.82) is 0 Å². The predicted molar refractivity (Wildman–Crippen MR) is 128 cm³/mol. The maximum absolute atomic E-state index is 13.0. The summed E-state index contributed by atoms with van der Waals surface area (Å²) < 4.78 is 14.8. The van der Waals surface area contributed by atoms with Gasteiger partial charge in [0.1, 0.15) is 5.82 Å². The van der Waals surface area contributed by atoms with Gasteiger partial charge in [-0.15, -0.1) is 16.8 Å². The van der Waals surface area contributed by atoms with E-state index in [4.69, 9.17) is 23.2 Å². The number of carbonyl (C=O) groups excluding carboxylic acids is 2. The lowest BCUT2D eigenvalue weighted by atomic mass is 10.2. The van der Waals surface area contributed by atoms with Crippen LogP contribution >= 0.6 is 35.0 Å². The number of anilines is 1. The van der Waals surface area contributed by atoms with Gasteiger partial charge in [0.25, 0.3) is 5.91 Å². The Bertz CT molecular complexity index is 1170. The Morgan fingerprint density at radius 2 is 1.94 bits per heavy atom. The van der Waals surface area contributed by atoms with Gasteiger partial charge < -0.3 is 15.2 Å². The number of halogens is 3. The highest BCUT2D eigenvalue weighted by Gasteiger charge is 2.21. The predicted octanol–water partition coefficient (Wildman–Crippen LogP) is 5.13. The number of amides is 2.